The fraction of sp³-hybridized carbons (Fsp3) is 0.550. The normalized spacial score (nSPS) is 19.5. The van der Waals surface area contributed by atoms with E-state index in [1.54, 1.807) is 0 Å². The monoisotopic (exact) mass is 354 g/mol. The number of nitrogens with zero attached hydrogens (tertiary/aromatic N) is 3. The molecule has 1 unspecified atom stereocenters. The van der Waals surface area contributed by atoms with Crippen LogP contribution in [0.2, 0.25) is 0 Å². The third kappa shape index (κ3) is 3.45. The molecule has 0 spiro atoms. The molecule has 1 aromatic carbocycles. The van der Waals surface area contributed by atoms with Gasteiger partial charge in [-0.3, -0.25) is 0 Å². The number of benzene rings is 1. The molecule has 1 heterocycles. The quantitative estimate of drug-likeness (QED) is 0.890. The van der Waals surface area contributed by atoms with Crippen LogP contribution in [0.25, 0.3) is 0 Å². The Kier molecular flexibility index (Phi) is 4.91. The first-order chi connectivity index (χ1) is 12.7. The molecule has 6 heteroatoms. The molecule has 1 aromatic heterocycles. The minimum Gasteiger partial charge on any atom is -0.339 e. The summed E-state index contributed by atoms with van der Waals surface area (Å²) >= 11 is 0. The van der Waals surface area contributed by atoms with Gasteiger partial charge in [0.1, 0.15) is 0 Å². The highest BCUT2D eigenvalue weighted by molar-refractivity contribution is 5.74. The van der Waals surface area contributed by atoms with Crippen LogP contribution in [0.1, 0.15) is 66.9 Å². The van der Waals surface area contributed by atoms with E-state index in [0.717, 1.165) is 38.0 Å². The number of carbonyl (C=O) groups is 1. The highest BCUT2D eigenvalue weighted by Crippen LogP contribution is 2.35. The van der Waals surface area contributed by atoms with Crippen molar-refractivity contribution in [3.63, 3.8) is 0 Å². The Morgan fingerprint density at radius 1 is 1.27 bits per heavy atom. The van der Waals surface area contributed by atoms with Crippen LogP contribution in [0.3, 0.4) is 0 Å². The number of hydrogen-bond donors (Lipinski definition) is 1. The number of aromatic nitrogens is 2. The summed E-state index contributed by atoms with van der Waals surface area (Å²) < 4.78 is 5.32. The van der Waals surface area contributed by atoms with Crippen molar-refractivity contribution in [3.8, 4) is 0 Å². The van der Waals surface area contributed by atoms with Crippen molar-refractivity contribution in [2.75, 3.05) is 13.6 Å². The predicted molar refractivity (Wildman–Crippen MR) is 97.9 cm³/mol. The summed E-state index contributed by atoms with van der Waals surface area (Å²) in [4.78, 5) is 18.8. The Hall–Kier alpha value is -2.37. The first kappa shape index (κ1) is 17.1. The van der Waals surface area contributed by atoms with Crippen molar-refractivity contribution in [3.05, 3.63) is 47.1 Å². The second kappa shape index (κ2) is 7.48. The van der Waals surface area contributed by atoms with Gasteiger partial charge in [-0.25, -0.2) is 4.79 Å². The molecule has 26 heavy (non-hydrogen) atoms. The van der Waals surface area contributed by atoms with Crippen LogP contribution in [-0.4, -0.2) is 34.7 Å². The smallest absolute Gasteiger partial charge is 0.317 e. The first-order valence-electron chi connectivity index (χ1n) is 9.63. The average molecular weight is 354 g/mol. The van der Waals surface area contributed by atoms with E-state index in [0.29, 0.717) is 24.7 Å². The Bertz CT molecular complexity index is 769. The van der Waals surface area contributed by atoms with Crippen LogP contribution in [0.5, 0.6) is 0 Å². The second-order valence-corrected chi connectivity index (χ2v) is 7.38. The SMILES string of the molecule is CN(C(=O)NCCc1noc(C2CCC2)n1)C1CCCc2ccccc21. The third-order valence-corrected chi connectivity index (χ3v) is 5.69. The molecule has 0 bridgehead atoms. The molecular weight excluding hydrogens is 328 g/mol. The van der Waals surface area contributed by atoms with E-state index in [9.17, 15) is 4.79 Å². The first-order valence-corrected chi connectivity index (χ1v) is 9.63. The summed E-state index contributed by atoms with van der Waals surface area (Å²) in [5, 5.41) is 7.02. The van der Waals surface area contributed by atoms with Crippen LogP contribution in [0, 0.1) is 0 Å². The lowest BCUT2D eigenvalue weighted by Crippen LogP contribution is -2.41. The van der Waals surface area contributed by atoms with Crippen LogP contribution in [-0.2, 0) is 12.8 Å². The molecule has 138 valence electrons. The Morgan fingerprint density at radius 3 is 2.92 bits per heavy atom. The zero-order valence-electron chi connectivity index (χ0n) is 15.3. The molecule has 2 aromatic rings. The van der Waals surface area contributed by atoms with Gasteiger partial charge in [-0.05, 0) is 43.2 Å². The summed E-state index contributed by atoms with van der Waals surface area (Å²) in [6, 6.07) is 8.54. The summed E-state index contributed by atoms with van der Waals surface area (Å²) in [5.41, 5.74) is 2.64. The number of fused-ring (bicyclic) bond motifs is 1. The minimum absolute atomic E-state index is 0.0468. The van der Waals surface area contributed by atoms with Crippen LogP contribution in [0.4, 0.5) is 4.79 Å². The van der Waals surface area contributed by atoms with E-state index in [4.69, 9.17) is 4.52 Å². The van der Waals surface area contributed by atoms with Crippen LogP contribution < -0.4 is 5.32 Å². The molecule has 0 radical (unpaired) electrons. The number of nitrogens with one attached hydrogen (secondary N) is 1. The van der Waals surface area contributed by atoms with Gasteiger partial charge in [0.15, 0.2) is 5.82 Å². The molecule has 2 amide bonds. The van der Waals surface area contributed by atoms with E-state index in [2.05, 4.69) is 39.7 Å². The number of urea groups is 1. The Balaban J connectivity index is 1.30. The summed E-state index contributed by atoms with van der Waals surface area (Å²) in [7, 11) is 1.88. The number of aryl methyl sites for hydroxylation is 1. The lowest BCUT2D eigenvalue weighted by Gasteiger charge is -2.33. The Morgan fingerprint density at radius 2 is 2.12 bits per heavy atom. The van der Waals surface area contributed by atoms with Gasteiger partial charge in [0.2, 0.25) is 5.89 Å². The number of hydrogen-bond acceptors (Lipinski definition) is 4. The maximum atomic E-state index is 12.6. The molecule has 1 N–H and O–H groups in total. The molecule has 1 saturated carbocycles. The zero-order valence-corrected chi connectivity index (χ0v) is 15.3. The second-order valence-electron chi connectivity index (χ2n) is 7.38. The largest absolute Gasteiger partial charge is 0.339 e. The van der Waals surface area contributed by atoms with Gasteiger partial charge < -0.3 is 14.7 Å². The van der Waals surface area contributed by atoms with Crippen molar-refractivity contribution in [1.82, 2.24) is 20.4 Å². The average Bonchev–Trinajstić information content (AvgIpc) is 3.07. The van der Waals surface area contributed by atoms with Gasteiger partial charge >= 0.3 is 6.03 Å². The summed E-state index contributed by atoms with van der Waals surface area (Å²) in [6.45, 7) is 0.515. The topological polar surface area (TPSA) is 71.3 Å². The molecule has 1 fully saturated rings. The molecule has 0 aliphatic heterocycles. The van der Waals surface area contributed by atoms with Gasteiger partial charge in [0.25, 0.3) is 0 Å². The van der Waals surface area contributed by atoms with E-state index in [1.165, 1.54) is 17.5 Å². The molecule has 2 aliphatic rings. The highest BCUT2D eigenvalue weighted by atomic mass is 16.5. The van der Waals surface area contributed by atoms with Gasteiger partial charge in [-0.15, -0.1) is 0 Å². The van der Waals surface area contributed by atoms with Crippen molar-refractivity contribution < 1.29 is 9.32 Å². The molecule has 0 saturated heterocycles. The summed E-state index contributed by atoms with van der Waals surface area (Å²) in [5.74, 6) is 1.88. The van der Waals surface area contributed by atoms with E-state index in [1.807, 2.05) is 11.9 Å². The van der Waals surface area contributed by atoms with Crippen LogP contribution >= 0.6 is 0 Å². The molecule has 6 nitrogen and oxygen atoms in total. The minimum atomic E-state index is -0.0468. The fourth-order valence-corrected chi connectivity index (χ4v) is 3.87. The van der Waals surface area contributed by atoms with Crippen molar-refractivity contribution >= 4 is 6.03 Å². The highest BCUT2D eigenvalue weighted by Gasteiger charge is 2.27. The van der Waals surface area contributed by atoms with Gasteiger partial charge in [-0.1, -0.05) is 35.8 Å². The molecule has 2 aliphatic carbocycles. The number of carbonyl (C=O) groups excluding carboxylic acids is 1. The van der Waals surface area contributed by atoms with Crippen LogP contribution in [0.15, 0.2) is 28.8 Å². The van der Waals surface area contributed by atoms with Crippen molar-refractivity contribution in [1.29, 1.82) is 0 Å². The predicted octanol–water partition coefficient (Wildman–Crippen LogP) is 3.60. The van der Waals surface area contributed by atoms with E-state index in [-0.39, 0.29) is 12.1 Å². The molecule has 4 rings (SSSR count). The fourth-order valence-electron chi connectivity index (χ4n) is 3.87. The Labute approximate surface area is 154 Å². The molecular formula is C20H26N4O2. The lowest BCUT2D eigenvalue weighted by atomic mass is 9.85. The number of amides is 2. The number of rotatable bonds is 5. The third-order valence-electron chi connectivity index (χ3n) is 5.69. The molecule has 1 atom stereocenters. The van der Waals surface area contributed by atoms with E-state index < -0.39 is 0 Å². The maximum absolute atomic E-state index is 12.6. The lowest BCUT2D eigenvalue weighted by molar-refractivity contribution is 0.184. The standard InChI is InChI=1S/C20H26N4O2/c1-24(17-11-5-7-14-6-2-3-10-16(14)17)20(25)21-13-12-18-22-19(26-23-18)15-8-4-9-15/h2-3,6,10,15,17H,4-5,7-9,11-13H2,1H3,(H,21,25). The summed E-state index contributed by atoms with van der Waals surface area (Å²) in [6.07, 6.45) is 7.36. The maximum Gasteiger partial charge on any atom is 0.317 e. The zero-order chi connectivity index (χ0) is 17.9. The van der Waals surface area contributed by atoms with Crippen molar-refractivity contribution in [2.45, 2.75) is 56.9 Å². The van der Waals surface area contributed by atoms with Gasteiger partial charge in [0.05, 0.1) is 6.04 Å². The van der Waals surface area contributed by atoms with E-state index >= 15 is 0 Å². The van der Waals surface area contributed by atoms with Gasteiger partial charge in [0, 0.05) is 25.9 Å². The van der Waals surface area contributed by atoms with Crippen molar-refractivity contribution in [2.24, 2.45) is 0 Å². The van der Waals surface area contributed by atoms with Gasteiger partial charge in [-0.2, -0.15) is 4.98 Å².